The van der Waals surface area contributed by atoms with Gasteiger partial charge >= 0.3 is 0 Å². The second kappa shape index (κ2) is 39.8. The number of ether oxygens (including phenoxy) is 8. The van der Waals surface area contributed by atoms with Gasteiger partial charge in [0.2, 0.25) is 11.8 Å². The Morgan fingerprint density at radius 2 is 0.663 bits per heavy atom. The first kappa shape index (κ1) is 90.8. The minimum atomic E-state index is -0.296. The summed E-state index contributed by atoms with van der Waals surface area (Å²) in [5.41, 5.74) is 13.5. The van der Waals surface area contributed by atoms with Crippen LogP contribution in [0.15, 0.2) is 140 Å². The van der Waals surface area contributed by atoms with Gasteiger partial charge in [0.05, 0.1) is 81.2 Å². The van der Waals surface area contributed by atoms with Crippen molar-refractivity contribution in [3.05, 3.63) is 213 Å². The van der Waals surface area contributed by atoms with Crippen LogP contribution in [-0.4, -0.2) is 76.8 Å². The summed E-state index contributed by atoms with van der Waals surface area (Å²) in [5.74, 6) is 5.29. The summed E-state index contributed by atoms with van der Waals surface area (Å²) in [6.45, 7) is 57.5. The van der Waals surface area contributed by atoms with Crippen molar-refractivity contribution < 1.29 is 46.7 Å². The third kappa shape index (κ3) is 32.5. The molecule has 0 atom stereocenters. The highest BCUT2D eigenvalue weighted by atomic mass is 19.1. The van der Waals surface area contributed by atoms with Crippen LogP contribution in [0, 0.1) is 32.4 Å². The van der Waals surface area contributed by atoms with Gasteiger partial charge in [-0.15, -0.1) is 0 Å². The summed E-state index contributed by atoms with van der Waals surface area (Å²) in [5, 5.41) is 0. The molecule has 0 amide bonds. The van der Waals surface area contributed by atoms with E-state index in [1.54, 1.807) is 79.4 Å². The molecule has 0 saturated carbocycles. The number of pyridine rings is 2. The Morgan fingerprint density at radius 3 is 1.00 bits per heavy atom. The summed E-state index contributed by atoms with van der Waals surface area (Å²) in [4.78, 5) is 16.7. The van der Waals surface area contributed by atoms with Crippen LogP contribution in [0.4, 0.5) is 8.78 Å². The number of methoxy groups -OCH3 is 8. The number of hydrogen-bond donors (Lipinski definition) is 0. The minimum absolute atomic E-state index is 0.0207. The first-order valence-electron chi connectivity index (χ1n) is 34.4. The molecule has 3 heterocycles. The fourth-order valence-electron chi connectivity index (χ4n) is 9.20. The van der Waals surface area contributed by atoms with Crippen LogP contribution in [0.2, 0.25) is 0 Å². The molecule has 0 bridgehead atoms. The SMILES string of the molecule is COc1c(C)cc(C(C)(C)C)cc1C.COc1ccc(C(C)(C)C)c(F)c1.COc1ccc(C(C)(C)C)cc1.COc1ccc(C(C)(C)C)cc1C.COc1ccc(C(C)(C)C)cc1F.COc1ccc(C(C)(C)C)cn1.COc1ccc(C(C)(C)C)nc1.COc1cnc(C(C)(C)C)cn1. The van der Waals surface area contributed by atoms with E-state index in [-0.39, 0.29) is 55.0 Å². The van der Waals surface area contributed by atoms with Crippen LogP contribution >= 0.6 is 0 Å². The maximum atomic E-state index is 13.5. The molecular formula is C87H128F2N4O8. The maximum Gasteiger partial charge on any atom is 0.231 e. The zero-order valence-corrected chi connectivity index (χ0v) is 68.6. The number of rotatable bonds is 8. The van der Waals surface area contributed by atoms with Crippen molar-refractivity contribution in [2.24, 2.45) is 0 Å². The molecule has 101 heavy (non-hydrogen) atoms. The van der Waals surface area contributed by atoms with Gasteiger partial charge in [0.1, 0.15) is 34.6 Å². The zero-order valence-electron chi connectivity index (χ0n) is 68.6. The molecule has 558 valence electrons. The molecule has 0 aliphatic heterocycles. The second-order valence-electron chi connectivity index (χ2n) is 32.9. The molecular weight excluding hydrogens is 1270 g/mol. The number of aryl methyl sites for hydroxylation is 3. The highest BCUT2D eigenvalue weighted by molar-refractivity contribution is 5.45. The molecule has 0 saturated heterocycles. The average molecular weight is 1400 g/mol. The van der Waals surface area contributed by atoms with Crippen LogP contribution in [0.1, 0.15) is 228 Å². The lowest BCUT2D eigenvalue weighted by atomic mass is 9.85. The molecule has 0 fully saturated rings. The fraction of sp³-hybridized carbons (Fsp3) is 0.494. The highest BCUT2D eigenvalue weighted by Crippen LogP contribution is 2.33. The molecule has 0 radical (unpaired) electrons. The number of nitrogens with zero attached hydrogens (tertiary/aromatic N) is 4. The van der Waals surface area contributed by atoms with E-state index in [1.807, 2.05) is 96.3 Å². The highest BCUT2D eigenvalue weighted by Gasteiger charge is 2.22. The van der Waals surface area contributed by atoms with Crippen LogP contribution in [0.25, 0.3) is 0 Å². The van der Waals surface area contributed by atoms with E-state index in [9.17, 15) is 8.78 Å². The summed E-state index contributed by atoms with van der Waals surface area (Å²) in [6.07, 6.45) is 7.00. The first-order chi connectivity index (χ1) is 46.3. The van der Waals surface area contributed by atoms with Gasteiger partial charge in [-0.25, -0.2) is 18.7 Å². The maximum absolute atomic E-state index is 13.5. The summed E-state index contributed by atoms with van der Waals surface area (Å²) in [7, 11) is 13.0. The van der Waals surface area contributed by atoms with Gasteiger partial charge in [-0.2, -0.15) is 0 Å². The van der Waals surface area contributed by atoms with E-state index >= 15 is 0 Å². The van der Waals surface area contributed by atoms with Crippen molar-refractivity contribution in [3.8, 4) is 46.3 Å². The summed E-state index contributed by atoms with van der Waals surface area (Å²) >= 11 is 0. The van der Waals surface area contributed by atoms with Crippen molar-refractivity contribution in [1.82, 2.24) is 19.9 Å². The van der Waals surface area contributed by atoms with Gasteiger partial charge in [0.15, 0.2) is 11.6 Å². The van der Waals surface area contributed by atoms with Crippen molar-refractivity contribution in [3.63, 3.8) is 0 Å². The lowest BCUT2D eigenvalue weighted by Gasteiger charge is -2.21. The van der Waals surface area contributed by atoms with Crippen molar-refractivity contribution >= 4 is 0 Å². The Morgan fingerprint density at radius 1 is 0.257 bits per heavy atom. The van der Waals surface area contributed by atoms with Gasteiger partial charge in [-0.3, -0.25) is 9.97 Å². The Hall–Kier alpha value is -8.26. The van der Waals surface area contributed by atoms with E-state index in [1.165, 1.54) is 65.3 Å². The largest absolute Gasteiger partial charge is 0.497 e. The third-order valence-electron chi connectivity index (χ3n) is 15.9. The van der Waals surface area contributed by atoms with Gasteiger partial charge in [0, 0.05) is 34.9 Å². The monoisotopic (exact) mass is 1390 g/mol. The number of aromatic nitrogens is 4. The average Bonchev–Trinajstić information content (AvgIpc) is 0.838. The topological polar surface area (TPSA) is 125 Å². The molecule has 0 N–H and O–H groups in total. The van der Waals surface area contributed by atoms with Crippen LogP contribution in [0.3, 0.4) is 0 Å². The van der Waals surface area contributed by atoms with E-state index in [0.29, 0.717) is 28.8 Å². The van der Waals surface area contributed by atoms with E-state index in [0.717, 1.165) is 39.9 Å². The molecule has 14 heteroatoms. The standard InChI is InChI=1S/C13H20O.C12H18O.2C11H15FO.C11H16O.2C10H15NO.C9H14N2O/c1-9-7-11(13(3,4)5)8-10(2)12(9)14-6;1-9-8-10(12(2,3)4)6-7-11(9)13-5;1-11(2,3)8-5-6-10(13-4)9(12)7-8;1-11(2,3)9-6-5-8(13-4)7-10(9)12;1-11(2,3)9-5-7-10(12-4)8-6-9;1-10(2,3)9-6-5-8(12-4)7-11-9;1-10(2,3)8-5-6-9(12-4)11-7-8;1-9(2,3)7-5-11-8(12-4)6-10-7/h7-8H,1-6H3;6-8H,1-5H3;2*5-7H,1-4H3;5-8H,1-4H3;2*5-7H,1-4H3;5-6H,1-4H3. The van der Waals surface area contributed by atoms with Gasteiger partial charge < -0.3 is 37.9 Å². The van der Waals surface area contributed by atoms with Crippen LogP contribution in [0.5, 0.6) is 46.3 Å². The molecule has 0 unspecified atom stereocenters. The molecule has 8 rings (SSSR count). The lowest BCUT2D eigenvalue weighted by molar-refractivity contribution is 0.385. The Labute approximate surface area is 610 Å². The van der Waals surface area contributed by atoms with E-state index in [4.69, 9.17) is 37.9 Å². The van der Waals surface area contributed by atoms with Crippen molar-refractivity contribution in [2.45, 2.75) is 230 Å². The van der Waals surface area contributed by atoms with Crippen molar-refractivity contribution in [2.75, 3.05) is 56.9 Å². The first-order valence-corrected chi connectivity index (χ1v) is 34.4. The molecule has 0 spiro atoms. The number of hydrogen-bond acceptors (Lipinski definition) is 12. The predicted octanol–water partition coefficient (Wildman–Crippen LogP) is 22.7. The molecule has 12 nitrogen and oxygen atoms in total. The van der Waals surface area contributed by atoms with E-state index < -0.39 is 0 Å². The quantitative estimate of drug-likeness (QED) is 0.144. The molecule has 0 aliphatic rings. The fourth-order valence-corrected chi connectivity index (χ4v) is 9.20. The lowest BCUT2D eigenvalue weighted by Crippen LogP contribution is -2.13. The molecule has 3 aromatic heterocycles. The molecule has 0 aliphatic carbocycles. The molecule has 5 aromatic carbocycles. The third-order valence-corrected chi connectivity index (χ3v) is 15.9. The predicted molar refractivity (Wildman–Crippen MR) is 419 cm³/mol. The summed E-state index contributed by atoms with van der Waals surface area (Å²) < 4.78 is 67.0. The molecule has 8 aromatic rings. The van der Waals surface area contributed by atoms with Crippen molar-refractivity contribution in [1.29, 1.82) is 0 Å². The zero-order chi connectivity index (χ0) is 77.9. The smallest absolute Gasteiger partial charge is 0.231 e. The van der Waals surface area contributed by atoms with Crippen LogP contribution < -0.4 is 37.9 Å². The van der Waals surface area contributed by atoms with Gasteiger partial charge in [-0.1, -0.05) is 221 Å². The van der Waals surface area contributed by atoms with Crippen LogP contribution in [-0.2, 0) is 43.3 Å². The Kier molecular flexibility index (Phi) is 35.8. The number of halogens is 2. The van der Waals surface area contributed by atoms with Gasteiger partial charge in [0.25, 0.3) is 0 Å². The minimum Gasteiger partial charge on any atom is -0.497 e. The van der Waals surface area contributed by atoms with E-state index in [2.05, 4.69) is 202 Å². The second-order valence-corrected chi connectivity index (χ2v) is 32.9. The Balaban J connectivity index is 0.000000577. The normalized spacial score (nSPS) is 11.4. The number of benzene rings is 5. The summed E-state index contributed by atoms with van der Waals surface area (Å²) in [6, 6.07) is 36.9. The Bertz CT molecular complexity index is 3370. The van der Waals surface area contributed by atoms with Gasteiger partial charge in [-0.05, 0) is 152 Å².